The number of carbonyl (C=O) groups excluding carboxylic acids is 1. The van der Waals surface area contributed by atoms with Crippen molar-refractivity contribution in [3.05, 3.63) is 28.3 Å². The number of methoxy groups -OCH3 is 1. The van der Waals surface area contributed by atoms with Gasteiger partial charge in [0.25, 0.3) is 6.43 Å². The van der Waals surface area contributed by atoms with Gasteiger partial charge in [0.1, 0.15) is 11.3 Å². The molecule has 0 aliphatic heterocycles. The van der Waals surface area contributed by atoms with Crippen molar-refractivity contribution in [3.63, 3.8) is 0 Å². The lowest BCUT2D eigenvalue weighted by atomic mass is 10.2. The largest absolute Gasteiger partial charge is 0.465 e. The number of hydrogen-bond acceptors (Lipinski definition) is 3. The highest BCUT2D eigenvalue weighted by molar-refractivity contribution is 6.33. The summed E-state index contributed by atoms with van der Waals surface area (Å²) in [5.41, 5.74) is -1.48. The second-order valence-corrected chi connectivity index (χ2v) is 2.89. The molecule has 1 aromatic rings. The van der Waals surface area contributed by atoms with E-state index in [1.807, 2.05) is 0 Å². The molecular weight excluding hydrogens is 235 g/mol. The molecule has 0 atom stereocenters. The highest BCUT2D eigenvalue weighted by Gasteiger charge is 2.22. The summed E-state index contributed by atoms with van der Waals surface area (Å²) in [5, 5.41) is -0.454. The fourth-order valence-electron chi connectivity index (χ4n) is 0.898. The van der Waals surface area contributed by atoms with Crippen molar-refractivity contribution in [3.8, 4) is 0 Å². The van der Waals surface area contributed by atoms with Gasteiger partial charge in [0.05, 0.1) is 12.1 Å². The number of carbonyl (C=O) groups is 1. The van der Waals surface area contributed by atoms with E-state index in [0.29, 0.717) is 0 Å². The molecule has 7 heteroatoms. The lowest BCUT2D eigenvalue weighted by molar-refractivity contribution is 0.0593. The molecule has 0 aliphatic carbocycles. The van der Waals surface area contributed by atoms with E-state index in [9.17, 15) is 18.0 Å². The van der Waals surface area contributed by atoms with Crippen LogP contribution in [0.1, 0.15) is 22.5 Å². The smallest absolute Gasteiger partial charge is 0.344 e. The van der Waals surface area contributed by atoms with Gasteiger partial charge in [-0.15, -0.1) is 0 Å². The fraction of sp³-hybridized carbons (Fsp3) is 0.250. The minimum absolute atomic E-state index is 0.454. The van der Waals surface area contributed by atoms with Gasteiger partial charge in [-0.2, -0.15) is 4.39 Å². The molecule has 0 spiro atoms. The van der Waals surface area contributed by atoms with E-state index in [1.54, 1.807) is 0 Å². The van der Waals surface area contributed by atoms with Crippen molar-refractivity contribution in [1.29, 1.82) is 0 Å². The number of alkyl halides is 2. The molecule has 0 aliphatic rings. The second-order valence-electron chi connectivity index (χ2n) is 2.49. The topological polar surface area (TPSA) is 39.2 Å². The molecule has 82 valence electrons. The normalized spacial score (nSPS) is 10.5. The first-order valence-electron chi connectivity index (χ1n) is 3.69. The third-order valence-electron chi connectivity index (χ3n) is 1.56. The molecule has 0 bridgehead atoms. The van der Waals surface area contributed by atoms with Gasteiger partial charge in [-0.1, -0.05) is 11.6 Å². The molecule has 3 nitrogen and oxygen atoms in total. The second kappa shape index (κ2) is 4.48. The predicted octanol–water partition coefficient (Wildman–Crippen LogP) is 2.60. The maximum atomic E-state index is 13.1. The fourth-order valence-corrected chi connectivity index (χ4v) is 1.16. The zero-order valence-electron chi connectivity index (χ0n) is 7.43. The summed E-state index contributed by atoms with van der Waals surface area (Å²) >= 11 is 5.44. The van der Waals surface area contributed by atoms with Gasteiger partial charge in [-0.3, -0.25) is 0 Å². The van der Waals surface area contributed by atoms with Gasteiger partial charge in [-0.25, -0.2) is 18.6 Å². The van der Waals surface area contributed by atoms with Crippen LogP contribution in [-0.2, 0) is 4.74 Å². The van der Waals surface area contributed by atoms with E-state index in [0.717, 1.165) is 13.2 Å². The van der Waals surface area contributed by atoms with Crippen molar-refractivity contribution in [1.82, 2.24) is 4.98 Å². The number of nitrogens with zero attached hydrogens (tertiary/aromatic N) is 1. The molecule has 0 N–H and O–H groups in total. The van der Waals surface area contributed by atoms with E-state index in [-0.39, 0.29) is 0 Å². The highest BCUT2D eigenvalue weighted by atomic mass is 35.5. The van der Waals surface area contributed by atoms with Crippen molar-refractivity contribution in [2.45, 2.75) is 6.43 Å². The zero-order chi connectivity index (χ0) is 11.6. The van der Waals surface area contributed by atoms with Crippen LogP contribution in [0.2, 0.25) is 5.02 Å². The van der Waals surface area contributed by atoms with Crippen molar-refractivity contribution < 1.29 is 22.7 Å². The van der Waals surface area contributed by atoms with Crippen LogP contribution in [0, 0.1) is 5.95 Å². The Morgan fingerprint density at radius 3 is 2.60 bits per heavy atom. The van der Waals surface area contributed by atoms with Crippen LogP contribution in [0.4, 0.5) is 13.2 Å². The molecule has 1 rings (SSSR count). The third kappa shape index (κ3) is 2.38. The summed E-state index contributed by atoms with van der Waals surface area (Å²) in [4.78, 5) is 13.9. The van der Waals surface area contributed by atoms with Crippen LogP contribution in [0.5, 0.6) is 0 Å². The standard InChI is InChI=1S/C8H5ClF3NO2/c1-15-8(14)5-3(9)2-4(6(10)11)13-7(5)12/h2,6H,1H3. The number of ether oxygens (including phenoxy) is 1. The summed E-state index contributed by atoms with van der Waals surface area (Å²) in [6.45, 7) is 0. The van der Waals surface area contributed by atoms with Crippen LogP contribution in [0.3, 0.4) is 0 Å². The Morgan fingerprint density at radius 1 is 1.60 bits per heavy atom. The summed E-state index contributed by atoms with van der Waals surface area (Å²) in [5.74, 6) is -2.43. The monoisotopic (exact) mass is 239 g/mol. The Hall–Kier alpha value is -1.30. The minimum Gasteiger partial charge on any atom is -0.465 e. The highest BCUT2D eigenvalue weighted by Crippen LogP contribution is 2.25. The molecule has 0 saturated heterocycles. The summed E-state index contributed by atoms with van der Waals surface area (Å²) in [7, 11) is 1.01. The van der Waals surface area contributed by atoms with E-state index >= 15 is 0 Å². The van der Waals surface area contributed by atoms with Crippen LogP contribution in [-0.4, -0.2) is 18.1 Å². The number of aromatic nitrogens is 1. The minimum atomic E-state index is -2.95. The van der Waals surface area contributed by atoms with Crippen molar-refractivity contribution in [2.24, 2.45) is 0 Å². The maximum Gasteiger partial charge on any atom is 0.344 e. The molecule has 0 fully saturated rings. The van der Waals surface area contributed by atoms with Crippen LogP contribution >= 0.6 is 11.6 Å². The Kier molecular flexibility index (Phi) is 3.52. The van der Waals surface area contributed by atoms with Crippen LogP contribution in [0.15, 0.2) is 6.07 Å². The van der Waals surface area contributed by atoms with Crippen LogP contribution in [0.25, 0.3) is 0 Å². The lowest BCUT2D eigenvalue weighted by Gasteiger charge is -2.05. The van der Waals surface area contributed by atoms with Crippen molar-refractivity contribution in [2.75, 3.05) is 7.11 Å². The van der Waals surface area contributed by atoms with Crippen LogP contribution < -0.4 is 0 Å². The molecule has 0 unspecified atom stereocenters. The first-order chi connectivity index (χ1) is 6.97. The van der Waals surface area contributed by atoms with Gasteiger partial charge in [0.15, 0.2) is 0 Å². The van der Waals surface area contributed by atoms with Gasteiger partial charge in [0, 0.05) is 0 Å². The molecule has 15 heavy (non-hydrogen) atoms. The molecule has 0 amide bonds. The summed E-state index contributed by atoms with van der Waals surface area (Å²) < 4.78 is 41.6. The number of hydrogen-bond donors (Lipinski definition) is 0. The number of rotatable bonds is 2. The Morgan fingerprint density at radius 2 is 2.20 bits per heavy atom. The molecule has 0 saturated carbocycles. The van der Waals surface area contributed by atoms with E-state index in [2.05, 4.69) is 9.72 Å². The van der Waals surface area contributed by atoms with Gasteiger partial charge in [-0.05, 0) is 6.07 Å². The van der Waals surface area contributed by atoms with Gasteiger partial charge >= 0.3 is 5.97 Å². The lowest BCUT2D eigenvalue weighted by Crippen LogP contribution is -2.09. The quantitative estimate of drug-likeness (QED) is 0.588. The molecular formula is C8H5ClF3NO2. The first-order valence-corrected chi connectivity index (χ1v) is 4.07. The van der Waals surface area contributed by atoms with E-state index in [1.165, 1.54) is 0 Å². The molecule has 1 aromatic heterocycles. The number of halogens is 4. The first kappa shape index (κ1) is 11.8. The van der Waals surface area contributed by atoms with Crippen molar-refractivity contribution >= 4 is 17.6 Å². The Balaban J connectivity index is 3.27. The number of pyridine rings is 1. The van der Waals surface area contributed by atoms with Gasteiger partial charge in [0.2, 0.25) is 5.95 Å². The number of esters is 1. The maximum absolute atomic E-state index is 13.1. The average Bonchev–Trinajstić information content (AvgIpc) is 2.16. The van der Waals surface area contributed by atoms with Gasteiger partial charge < -0.3 is 4.74 Å². The Bertz CT molecular complexity index is 374. The third-order valence-corrected chi connectivity index (χ3v) is 1.86. The molecule has 1 heterocycles. The zero-order valence-corrected chi connectivity index (χ0v) is 8.19. The molecule has 0 radical (unpaired) electrons. The Labute approximate surface area is 87.8 Å². The average molecular weight is 240 g/mol. The molecule has 0 aromatic carbocycles. The summed E-state index contributed by atoms with van der Waals surface area (Å²) in [6.07, 6.45) is -2.95. The van der Waals surface area contributed by atoms with E-state index in [4.69, 9.17) is 11.6 Å². The van der Waals surface area contributed by atoms with E-state index < -0.39 is 34.6 Å². The summed E-state index contributed by atoms with van der Waals surface area (Å²) in [6, 6.07) is 0.724. The predicted molar refractivity (Wildman–Crippen MR) is 45.5 cm³/mol. The SMILES string of the molecule is COC(=O)c1c(Cl)cc(C(F)F)nc1F.